The van der Waals surface area contributed by atoms with Crippen LogP contribution in [0.1, 0.15) is 33.6 Å². The van der Waals surface area contributed by atoms with Gasteiger partial charge in [-0.25, -0.2) is 0 Å². The molecule has 1 aromatic carbocycles. The molecule has 214 valence electrons. The molecule has 3 amide bonds. The highest BCUT2D eigenvalue weighted by Crippen LogP contribution is 2.69. The van der Waals surface area contributed by atoms with Crippen LogP contribution in [0.25, 0.3) is 0 Å². The summed E-state index contributed by atoms with van der Waals surface area (Å²) in [5.74, 6) is -1.55. The minimum absolute atomic E-state index is 0.00641. The predicted octanol–water partition coefficient (Wildman–Crippen LogP) is 1.82. The number of nitrogens with one attached hydrogen (secondary N) is 2. The number of fused-ring (bicyclic) bond motifs is 1. The number of ether oxygens (including phenoxy) is 1. The first kappa shape index (κ1) is 28.4. The SMILES string of the molecule is CC[C@H](C)[C@H](CO)N1C(=O)[C@@H]2[C@@H](C(=O)Nc3ccccc3)[C@H]3CC(C)C2(S3)C1C(=O)NCCN1CCOCC1. The average molecular weight is 559 g/mol. The van der Waals surface area contributed by atoms with Crippen molar-refractivity contribution in [3.8, 4) is 0 Å². The lowest BCUT2D eigenvalue weighted by Gasteiger charge is -2.41. The Bertz CT molecular complexity index is 1050. The van der Waals surface area contributed by atoms with Crippen LogP contribution in [0.15, 0.2) is 30.3 Å². The molecule has 1 spiro atoms. The number of rotatable bonds is 10. The van der Waals surface area contributed by atoms with Gasteiger partial charge in [0.05, 0.1) is 42.4 Å². The van der Waals surface area contributed by atoms with Gasteiger partial charge in [-0.15, -0.1) is 11.8 Å². The molecule has 2 bridgehead atoms. The van der Waals surface area contributed by atoms with E-state index in [1.165, 1.54) is 0 Å². The number of benzene rings is 1. The molecular formula is C29H42N4O5S. The van der Waals surface area contributed by atoms with Crippen LogP contribution in [-0.2, 0) is 19.1 Å². The maximum absolute atomic E-state index is 14.4. The number of aliphatic hydroxyl groups excluding tert-OH is 1. The summed E-state index contributed by atoms with van der Waals surface area (Å²) in [4.78, 5) is 46.1. The summed E-state index contributed by atoms with van der Waals surface area (Å²) in [6, 6.07) is 8.10. The minimum atomic E-state index is -0.731. The monoisotopic (exact) mass is 558 g/mol. The second kappa shape index (κ2) is 11.8. The number of hydrogen-bond acceptors (Lipinski definition) is 7. The van der Waals surface area contributed by atoms with Crippen LogP contribution in [0.5, 0.6) is 0 Å². The number of hydrogen-bond donors (Lipinski definition) is 3. The molecule has 0 aliphatic carbocycles. The zero-order valence-electron chi connectivity index (χ0n) is 23.2. The van der Waals surface area contributed by atoms with Gasteiger partial charge in [0.2, 0.25) is 17.7 Å². The number of carbonyl (C=O) groups is 3. The Hall–Kier alpha value is -2.14. The van der Waals surface area contributed by atoms with Crippen LogP contribution in [-0.4, -0.2) is 101 Å². The highest BCUT2D eigenvalue weighted by Gasteiger charge is 2.76. The van der Waals surface area contributed by atoms with Crippen LogP contribution in [0, 0.1) is 23.7 Å². The lowest BCUT2D eigenvalue weighted by atomic mass is 9.66. The van der Waals surface area contributed by atoms with Crippen molar-refractivity contribution in [2.24, 2.45) is 23.7 Å². The van der Waals surface area contributed by atoms with E-state index in [0.29, 0.717) is 32.0 Å². The maximum Gasteiger partial charge on any atom is 0.244 e. The number of nitrogens with zero attached hydrogens (tertiary/aromatic N) is 2. The number of anilines is 1. The van der Waals surface area contributed by atoms with Crippen molar-refractivity contribution < 1.29 is 24.2 Å². The maximum atomic E-state index is 14.4. The van der Waals surface area contributed by atoms with E-state index in [1.807, 2.05) is 44.2 Å². The van der Waals surface area contributed by atoms with Crippen molar-refractivity contribution in [2.45, 2.75) is 55.7 Å². The summed E-state index contributed by atoms with van der Waals surface area (Å²) in [7, 11) is 0. The van der Waals surface area contributed by atoms with Crippen LogP contribution in [0.3, 0.4) is 0 Å². The first-order valence-corrected chi connectivity index (χ1v) is 15.3. The summed E-state index contributed by atoms with van der Waals surface area (Å²) < 4.78 is 4.73. The molecule has 3 unspecified atom stereocenters. The van der Waals surface area contributed by atoms with E-state index in [9.17, 15) is 19.5 Å². The molecular weight excluding hydrogens is 516 g/mol. The first-order chi connectivity index (χ1) is 18.8. The van der Waals surface area contributed by atoms with Crippen molar-refractivity contribution >= 4 is 35.2 Å². The van der Waals surface area contributed by atoms with Crippen LogP contribution in [0.4, 0.5) is 5.69 Å². The molecule has 4 aliphatic heterocycles. The Morgan fingerprint density at radius 1 is 1.21 bits per heavy atom. The summed E-state index contributed by atoms with van der Waals surface area (Å²) >= 11 is 1.66. The zero-order chi connectivity index (χ0) is 27.7. The van der Waals surface area contributed by atoms with E-state index in [-0.39, 0.29) is 41.4 Å². The van der Waals surface area contributed by atoms with Gasteiger partial charge in [0.1, 0.15) is 6.04 Å². The number of morpholine rings is 1. The number of carbonyl (C=O) groups excluding carboxylic acids is 3. The smallest absolute Gasteiger partial charge is 0.244 e. The Balaban J connectivity index is 1.44. The standard InChI is InChI=1S/C29H42N4O5S/c1-4-18(2)21(17-34)33-25(27(36)30-10-11-32-12-14-38-15-13-32)29-19(3)16-22(39-29)23(24(29)28(33)37)26(35)31-20-8-6-5-7-9-20/h5-9,18-19,21-25,34H,4,10-17H2,1-3H3,(H,30,36)(H,31,35)/t18-,19?,21-,22+,23-,24-,25?,29?/m0/s1. The molecule has 4 heterocycles. The highest BCUT2D eigenvalue weighted by molar-refractivity contribution is 8.02. The molecule has 9 nitrogen and oxygen atoms in total. The van der Waals surface area contributed by atoms with Gasteiger partial charge in [-0.3, -0.25) is 19.3 Å². The molecule has 4 fully saturated rings. The van der Waals surface area contributed by atoms with Crippen LogP contribution < -0.4 is 10.6 Å². The van der Waals surface area contributed by atoms with Gasteiger partial charge in [0.15, 0.2) is 0 Å². The van der Waals surface area contributed by atoms with Crippen molar-refractivity contribution in [3.05, 3.63) is 30.3 Å². The third-order valence-electron chi connectivity index (χ3n) is 9.45. The number of aliphatic hydroxyl groups is 1. The molecule has 5 rings (SSSR count). The quantitative estimate of drug-likeness (QED) is 0.402. The van der Waals surface area contributed by atoms with Crippen molar-refractivity contribution in [2.75, 3.05) is 51.3 Å². The molecule has 4 saturated heterocycles. The van der Waals surface area contributed by atoms with E-state index in [0.717, 1.165) is 25.9 Å². The van der Waals surface area contributed by atoms with Crippen LogP contribution >= 0.6 is 11.8 Å². The third kappa shape index (κ3) is 4.98. The fourth-order valence-corrected chi connectivity index (χ4v) is 9.64. The minimum Gasteiger partial charge on any atom is -0.394 e. The Labute approximate surface area is 235 Å². The predicted molar refractivity (Wildman–Crippen MR) is 151 cm³/mol. The fraction of sp³-hybridized carbons (Fsp3) is 0.690. The molecule has 0 radical (unpaired) electrons. The molecule has 1 aromatic rings. The zero-order valence-corrected chi connectivity index (χ0v) is 24.0. The van der Waals surface area contributed by atoms with E-state index in [1.54, 1.807) is 16.7 Å². The second-order valence-corrected chi connectivity index (χ2v) is 13.1. The number of thioether (sulfide) groups is 1. The molecule has 39 heavy (non-hydrogen) atoms. The Morgan fingerprint density at radius 3 is 2.59 bits per heavy atom. The lowest BCUT2D eigenvalue weighted by Crippen LogP contribution is -2.59. The summed E-state index contributed by atoms with van der Waals surface area (Å²) in [6.07, 6.45) is 1.54. The first-order valence-electron chi connectivity index (χ1n) is 14.4. The van der Waals surface area contributed by atoms with E-state index in [4.69, 9.17) is 4.74 Å². The fourth-order valence-electron chi connectivity index (χ4n) is 7.24. The van der Waals surface area contributed by atoms with Crippen LogP contribution in [0.2, 0.25) is 0 Å². The van der Waals surface area contributed by atoms with Gasteiger partial charge in [0, 0.05) is 37.1 Å². The number of likely N-dealkylation sites (tertiary alicyclic amines) is 1. The topological polar surface area (TPSA) is 111 Å². The van der Waals surface area contributed by atoms with Gasteiger partial charge in [0.25, 0.3) is 0 Å². The largest absolute Gasteiger partial charge is 0.394 e. The molecule has 0 saturated carbocycles. The third-order valence-corrected chi connectivity index (χ3v) is 11.5. The normalized spacial score (nSPS) is 33.6. The average Bonchev–Trinajstić information content (AvgIpc) is 3.54. The number of para-hydroxylation sites is 1. The Kier molecular flexibility index (Phi) is 8.56. The highest BCUT2D eigenvalue weighted by atomic mass is 32.2. The van der Waals surface area contributed by atoms with E-state index >= 15 is 0 Å². The second-order valence-electron chi connectivity index (χ2n) is 11.5. The van der Waals surface area contributed by atoms with Crippen molar-refractivity contribution in [1.29, 1.82) is 0 Å². The molecule has 4 aliphatic rings. The van der Waals surface area contributed by atoms with E-state index in [2.05, 4.69) is 22.5 Å². The Morgan fingerprint density at radius 2 is 1.92 bits per heavy atom. The molecule has 3 N–H and O–H groups in total. The van der Waals surface area contributed by atoms with Gasteiger partial charge in [-0.2, -0.15) is 0 Å². The number of amides is 3. The summed E-state index contributed by atoms with van der Waals surface area (Å²) in [6.45, 7) is 10.2. The van der Waals surface area contributed by atoms with Crippen molar-refractivity contribution in [3.63, 3.8) is 0 Å². The van der Waals surface area contributed by atoms with Gasteiger partial charge in [-0.1, -0.05) is 45.4 Å². The molecule has 0 aromatic heterocycles. The summed E-state index contributed by atoms with van der Waals surface area (Å²) in [5, 5.41) is 16.6. The van der Waals surface area contributed by atoms with Gasteiger partial charge in [-0.05, 0) is 30.4 Å². The molecule has 8 atom stereocenters. The summed E-state index contributed by atoms with van der Waals surface area (Å²) in [5.41, 5.74) is 0.699. The van der Waals surface area contributed by atoms with Gasteiger partial charge < -0.3 is 25.4 Å². The molecule has 10 heteroatoms. The van der Waals surface area contributed by atoms with Crippen molar-refractivity contribution in [1.82, 2.24) is 15.1 Å². The lowest BCUT2D eigenvalue weighted by molar-refractivity contribution is -0.143. The van der Waals surface area contributed by atoms with Gasteiger partial charge >= 0.3 is 0 Å². The van der Waals surface area contributed by atoms with E-state index < -0.39 is 28.7 Å².